The third-order valence-electron chi connectivity index (χ3n) is 3.82. The highest BCUT2D eigenvalue weighted by atomic mass is 35.5. The van der Waals surface area contributed by atoms with Gasteiger partial charge in [-0.1, -0.05) is 11.6 Å². The van der Waals surface area contributed by atoms with Crippen molar-refractivity contribution in [3.63, 3.8) is 0 Å². The van der Waals surface area contributed by atoms with E-state index in [9.17, 15) is 22.5 Å². The van der Waals surface area contributed by atoms with Crippen LogP contribution >= 0.6 is 11.6 Å². The molecule has 0 spiro atoms. The number of alkyl halides is 3. The SMILES string of the molecule is C[C@H](NC(=O)c1cc(Cl)cc([S+]([O-])C(F)C(F)F)c1)c1ncnn1-c1ncccn1. The molecule has 0 aliphatic carbocycles. The molecule has 2 heterocycles. The van der Waals surface area contributed by atoms with Gasteiger partial charge in [0.1, 0.15) is 6.33 Å². The number of carbonyl (C=O) groups is 1. The zero-order valence-corrected chi connectivity index (χ0v) is 16.8. The predicted molar refractivity (Wildman–Crippen MR) is 102 cm³/mol. The summed E-state index contributed by atoms with van der Waals surface area (Å²) in [6, 6.07) is 4.31. The second-order valence-electron chi connectivity index (χ2n) is 5.93. The number of aromatic nitrogens is 5. The molecule has 158 valence electrons. The van der Waals surface area contributed by atoms with Crippen molar-refractivity contribution < 1.29 is 22.5 Å². The van der Waals surface area contributed by atoms with Gasteiger partial charge in [-0.2, -0.15) is 14.2 Å². The van der Waals surface area contributed by atoms with Crippen molar-refractivity contribution in [2.75, 3.05) is 0 Å². The van der Waals surface area contributed by atoms with Crippen molar-refractivity contribution in [1.82, 2.24) is 30.0 Å². The van der Waals surface area contributed by atoms with Gasteiger partial charge in [0.25, 0.3) is 11.9 Å². The number of nitrogens with zero attached hydrogens (tertiary/aromatic N) is 5. The maximum Gasteiger partial charge on any atom is 0.318 e. The first-order valence-corrected chi connectivity index (χ1v) is 9.98. The van der Waals surface area contributed by atoms with Gasteiger partial charge in [-0.15, -0.1) is 0 Å². The van der Waals surface area contributed by atoms with Crippen LogP contribution in [0.3, 0.4) is 0 Å². The van der Waals surface area contributed by atoms with E-state index < -0.39 is 35.1 Å². The monoisotopic (exact) mass is 458 g/mol. The third kappa shape index (κ3) is 4.89. The summed E-state index contributed by atoms with van der Waals surface area (Å²) < 4.78 is 51.8. The van der Waals surface area contributed by atoms with E-state index in [0.29, 0.717) is 5.82 Å². The van der Waals surface area contributed by atoms with Gasteiger partial charge in [0.05, 0.1) is 6.04 Å². The lowest BCUT2D eigenvalue weighted by Crippen LogP contribution is -2.29. The molecule has 3 atom stereocenters. The Balaban J connectivity index is 1.81. The molecule has 1 aromatic carbocycles. The van der Waals surface area contributed by atoms with Crippen LogP contribution in [0, 0.1) is 0 Å². The van der Waals surface area contributed by atoms with E-state index in [2.05, 4.69) is 25.4 Å². The van der Waals surface area contributed by atoms with Crippen molar-refractivity contribution in [2.45, 2.75) is 29.8 Å². The van der Waals surface area contributed by atoms with Gasteiger partial charge >= 0.3 is 11.9 Å². The first-order valence-electron chi connectivity index (χ1n) is 8.39. The summed E-state index contributed by atoms with van der Waals surface area (Å²) in [6.07, 6.45) is 0.860. The van der Waals surface area contributed by atoms with Crippen LogP contribution in [0.5, 0.6) is 0 Å². The molecular formula is C17H14ClF3N6O2S. The third-order valence-corrected chi connectivity index (χ3v) is 5.35. The number of hydrogen-bond acceptors (Lipinski definition) is 6. The van der Waals surface area contributed by atoms with E-state index in [-0.39, 0.29) is 21.4 Å². The maximum absolute atomic E-state index is 13.4. The zero-order valence-electron chi connectivity index (χ0n) is 15.2. The number of carbonyl (C=O) groups excluding carboxylic acids is 1. The second-order valence-corrected chi connectivity index (χ2v) is 7.89. The van der Waals surface area contributed by atoms with Gasteiger partial charge < -0.3 is 9.87 Å². The van der Waals surface area contributed by atoms with E-state index in [1.165, 1.54) is 29.5 Å². The molecule has 0 aliphatic heterocycles. The summed E-state index contributed by atoms with van der Waals surface area (Å²) in [5.41, 5.74) is -2.98. The molecule has 3 rings (SSSR count). The molecule has 30 heavy (non-hydrogen) atoms. The van der Waals surface area contributed by atoms with Crippen LogP contribution in [0.4, 0.5) is 13.2 Å². The summed E-state index contributed by atoms with van der Waals surface area (Å²) in [4.78, 5) is 24.5. The van der Waals surface area contributed by atoms with Crippen molar-refractivity contribution >= 4 is 28.7 Å². The molecule has 0 fully saturated rings. The zero-order chi connectivity index (χ0) is 21.8. The minimum atomic E-state index is -3.44. The van der Waals surface area contributed by atoms with Crippen LogP contribution in [0.1, 0.15) is 29.1 Å². The molecule has 0 aliphatic rings. The fourth-order valence-corrected chi connectivity index (χ4v) is 3.71. The molecule has 1 N–H and O–H groups in total. The molecule has 2 unspecified atom stereocenters. The minimum absolute atomic E-state index is 0.0547. The summed E-state index contributed by atoms with van der Waals surface area (Å²) >= 11 is 3.21. The van der Waals surface area contributed by atoms with Crippen molar-refractivity contribution in [1.29, 1.82) is 0 Å². The van der Waals surface area contributed by atoms with Crippen LogP contribution in [-0.2, 0) is 11.2 Å². The number of halogens is 4. The highest BCUT2D eigenvalue weighted by Crippen LogP contribution is 2.26. The molecule has 0 bridgehead atoms. The van der Waals surface area contributed by atoms with Crippen LogP contribution < -0.4 is 5.32 Å². The highest BCUT2D eigenvalue weighted by molar-refractivity contribution is 7.92. The summed E-state index contributed by atoms with van der Waals surface area (Å²) in [6.45, 7) is 1.62. The Morgan fingerprint density at radius 3 is 2.57 bits per heavy atom. The van der Waals surface area contributed by atoms with Crippen LogP contribution in [0.2, 0.25) is 5.02 Å². The van der Waals surface area contributed by atoms with Crippen LogP contribution in [0.25, 0.3) is 5.95 Å². The molecule has 0 radical (unpaired) electrons. The molecule has 13 heteroatoms. The lowest BCUT2D eigenvalue weighted by molar-refractivity contribution is 0.0902. The number of nitrogens with one attached hydrogen (secondary N) is 1. The van der Waals surface area contributed by atoms with Gasteiger partial charge in [0, 0.05) is 46.3 Å². The van der Waals surface area contributed by atoms with Crippen LogP contribution in [-0.4, -0.2) is 47.1 Å². The number of benzene rings is 1. The lowest BCUT2D eigenvalue weighted by atomic mass is 10.2. The maximum atomic E-state index is 13.4. The molecular weight excluding hydrogens is 445 g/mol. The van der Waals surface area contributed by atoms with E-state index >= 15 is 0 Å². The van der Waals surface area contributed by atoms with E-state index in [1.54, 1.807) is 13.0 Å². The Bertz CT molecular complexity index is 1030. The molecule has 0 saturated carbocycles. The van der Waals surface area contributed by atoms with Gasteiger partial charge in [0.2, 0.25) is 0 Å². The van der Waals surface area contributed by atoms with Crippen LogP contribution in [0.15, 0.2) is 47.9 Å². The van der Waals surface area contributed by atoms with Crippen molar-refractivity contribution in [3.8, 4) is 5.95 Å². The second kappa shape index (κ2) is 9.41. The summed E-state index contributed by atoms with van der Waals surface area (Å²) in [5.74, 6) is -0.103. The van der Waals surface area contributed by atoms with E-state index in [0.717, 1.165) is 12.1 Å². The fraction of sp³-hybridized carbons (Fsp3) is 0.235. The molecule has 1 amide bonds. The first-order chi connectivity index (χ1) is 14.3. The normalized spacial score (nSPS) is 14.4. The lowest BCUT2D eigenvalue weighted by Gasteiger charge is -2.16. The number of amides is 1. The van der Waals surface area contributed by atoms with Crippen molar-refractivity contribution in [2.24, 2.45) is 0 Å². The standard InChI is InChI=1S/C17H14ClF3N6O2S/c1-9(15-24-8-25-27(15)17-22-3-2-4-23-17)26-16(28)10-5-11(18)7-12(6-10)30(29)14(21)13(19)20/h2-9,13-14H,1H3,(H,26,28)/t9-,14?,30?/m0/s1. The highest BCUT2D eigenvalue weighted by Gasteiger charge is 2.34. The Hall–Kier alpha value is -2.70. The number of hydrogen-bond donors (Lipinski definition) is 1. The topological polar surface area (TPSA) is 109 Å². The summed E-state index contributed by atoms with van der Waals surface area (Å²) in [5, 5.41) is 6.61. The molecule has 2 aromatic heterocycles. The quantitative estimate of drug-likeness (QED) is 0.545. The molecule has 0 saturated heterocycles. The van der Waals surface area contributed by atoms with Gasteiger partial charge in [0.15, 0.2) is 10.7 Å². The average molecular weight is 459 g/mol. The predicted octanol–water partition coefficient (Wildman–Crippen LogP) is 2.87. The first kappa shape index (κ1) is 22.0. The largest absolute Gasteiger partial charge is 0.609 e. The Kier molecular flexibility index (Phi) is 6.90. The van der Waals surface area contributed by atoms with Gasteiger partial charge in [-0.3, -0.25) is 4.79 Å². The van der Waals surface area contributed by atoms with Gasteiger partial charge in [-0.25, -0.2) is 23.7 Å². The Morgan fingerprint density at radius 2 is 1.90 bits per heavy atom. The minimum Gasteiger partial charge on any atom is -0.609 e. The molecule has 8 nitrogen and oxygen atoms in total. The van der Waals surface area contributed by atoms with Crippen molar-refractivity contribution in [3.05, 3.63) is 59.4 Å². The average Bonchev–Trinajstić information content (AvgIpc) is 3.22. The Morgan fingerprint density at radius 1 is 1.20 bits per heavy atom. The van der Waals surface area contributed by atoms with E-state index in [1.807, 2.05) is 0 Å². The van der Waals surface area contributed by atoms with E-state index in [4.69, 9.17) is 11.6 Å². The number of rotatable bonds is 7. The summed E-state index contributed by atoms with van der Waals surface area (Å²) in [7, 11) is 0. The Labute approximate surface area is 176 Å². The molecule has 3 aromatic rings. The fourth-order valence-electron chi connectivity index (χ4n) is 2.48. The van der Waals surface area contributed by atoms with Gasteiger partial charge in [-0.05, 0) is 19.1 Å². The smallest absolute Gasteiger partial charge is 0.318 e.